The van der Waals surface area contributed by atoms with Crippen LogP contribution in [0.3, 0.4) is 0 Å². The van der Waals surface area contributed by atoms with Gasteiger partial charge in [-0.05, 0) is 49.3 Å². The predicted octanol–water partition coefficient (Wildman–Crippen LogP) is 3.50. The first-order valence-electron chi connectivity index (χ1n) is 7.69. The zero-order valence-corrected chi connectivity index (χ0v) is 14.9. The van der Waals surface area contributed by atoms with Gasteiger partial charge in [0.25, 0.3) is 0 Å². The van der Waals surface area contributed by atoms with Crippen LogP contribution in [0.15, 0.2) is 28.7 Å². The summed E-state index contributed by atoms with van der Waals surface area (Å²) in [6.07, 6.45) is 4.19. The van der Waals surface area contributed by atoms with Gasteiger partial charge in [-0.3, -0.25) is 0 Å². The molecule has 0 amide bonds. The molecule has 0 saturated heterocycles. The Labute approximate surface area is 136 Å². The van der Waals surface area contributed by atoms with Crippen LogP contribution < -0.4 is 5.32 Å². The third kappa shape index (κ3) is 6.09. The Hall–Kier alpha value is -0.390. The van der Waals surface area contributed by atoms with Gasteiger partial charge in [-0.15, -0.1) is 0 Å². The summed E-state index contributed by atoms with van der Waals surface area (Å²) in [5.74, 6) is 0.932. The van der Waals surface area contributed by atoms with Gasteiger partial charge in [0, 0.05) is 22.8 Å². The van der Waals surface area contributed by atoms with Gasteiger partial charge in [0.2, 0.25) is 0 Å². The number of sulfone groups is 1. The molecule has 3 nitrogen and oxygen atoms in total. The van der Waals surface area contributed by atoms with Gasteiger partial charge < -0.3 is 5.32 Å². The summed E-state index contributed by atoms with van der Waals surface area (Å²) in [5, 5.41) is 3.57. The molecular weight excluding hydrogens is 350 g/mol. The van der Waals surface area contributed by atoms with Crippen LogP contribution in [0.4, 0.5) is 0 Å². The summed E-state index contributed by atoms with van der Waals surface area (Å²) >= 11 is 3.52. The molecule has 0 bridgehead atoms. The van der Waals surface area contributed by atoms with E-state index in [9.17, 15) is 8.42 Å². The lowest BCUT2D eigenvalue weighted by Crippen LogP contribution is -2.24. The summed E-state index contributed by atoms with van der Waals surface area (Å²) in [6.45, 7) is 2.66. The van der Waals surface area contributed by atoms with Crippen molar-refractivity contribution < 1.29 is 8.42 Å². The molecule has 0 spiro atoms. The maximum absolute atomic E-state index is 11.6. The lowest BCUT2D eigenvalue weighted by Gasteiger charge is -2.18. The highest BCUT2D eigenvalue weighted by atomic mass is 79.9. The van der Waals surface area contributed by atoms with Crippen molar-refractivity contribution in [3.05, 3.63) is 34.3 Å². The smallest absolute Gasteiger partial charge is 0.150 e. The molecule has 1 aliphatic rings. The number of benzene rings is 1. The molecule has 2 rings (SSSR count). The van der Waals surface area contributed by atoms with Crippen molar-refractivity contribution in [3.8, 4) is 0 Å². The molecule has 21 heavy (non-hydrogen) atoms. The number of nitrogens with one attached hydrogen (secondary N) is 1. The second kappa shape index (κ2) is 7.75. The first kappa shape index (κ1) is 17.0. The summed E-state index contributed by atoms with van der Waals surface area (Å²) in [6, 6.07) is 9.04. The van der Waals surface area contributed by atoms with Crippen LogP contribution >= 0.6 is 15.9 Å². The Morgan fingerprint density at radius 1 is 1.38 bits per heavy atom. The quantitative estimate of drug-likeness (QED) is 0.720. The van der Waals surface area contributed by atoms with Crippen LogP contribution in [0.1, 0.15) is 44.1 Å². The highest BCUT2D eigenvalue weighted by Gasteiger charge is 2.22. The summed E-state index contributed by atoms with van der Waals surface area (Å²) in [5.41, 5.74) is 1.28. The highest BCUT2D eigenvalue weighted by Crippen LogP contribution is 2.26. The average molecular weight is 374 g/mol. The monoisotopic (exact) mass is 373 g/mol. The van der Waals surface area contributed by atoms with Gasteiger partial charge in [0.05, 0.1) is 5.75 Å². The fourth-order valence-electron chi connectivity index (χ4n) is 2.44. The molecule has 0 heterocycles. The van der Waals surface area contributed by atoms with Crippen molar-refractivity contribution >= 4 is 25.8 Å². The summed E-state index contributed by atoms with van der Waals surface area (Å²) in [4.78, 5) is 0. The van der Waals surface area contributed by atoms with E-state index < -0.39 is 9.84 Å². The van der Waals surface area contributed by atoms with Gasteiger partial charge in [0.1, 0.15) is 9.84 Å². The van der Waals surface area contributed by atoms with Crippen molar-refractivity contribution in [3.63, 3.8) is 0 Å². The minimum atomic E-state index is -2.85. The van der Waals surface area contributed by atoms with Crippen LogP contribution in [0.2, 0.25) is 0 Å². The van der Waals surface area contributed by atoms with E-state index in [0.29, 0.717) is 17.7 Å². The van der Waals surface area contributed by atoms with Gasteiger partial charge in [0.15, 0.2) is 0 Å². The molecular formula is C16H24BrNO2S. The normalized spacial score (nSPS) is 16.9. The summed E-state index contributed by atoms with van der Waals surface area (Å²) < 4.78 is 24.3. The fourth-order valence-corrected chi connectivity index (χ4v) is 3.75. The van der Waals surface area contributed by atoms with Crippen LogP contribution in [-0.4, -0.2) is 32.5 Å². The lowest BCUT2D eigenvalue weighted by molar-refractivity contribution is 0.537. The molecule has 1 unspecified atom stereocenters. The molecule has 1 saturated carbocycles. The molecule has 1 aliphatic carbocycles. The van der Waals surface area contributed by atoms with Crippen molar-refractivity contribution in [2.45, 2.75) is 44.6 Å². The van der Waals surface area contributed by atoms with E-state index in [1.54, 1.807) is 6.92 Å². The second-order valence-corrected chi connectivity index (χ2v) is 9.20. The van der Waals surface area contributed by atoms with E-state index in [2.05, 4.69) is 33.4 Å². The first-order valence-corrected chi connectivity index (χ1v) is 10.3. The standard InChI is InChI=1S/C16H24BrNO2S/c1-2-21(19,20)10-4-6-14(12-18-16-8-9-16)13-5-3-7-15(17)11-13/h3,5,7,11,14,16,18H,2,4,6,8-10,12H2,1H3. The molecule has 118 valence electrons. The maximum Gasteiger partial charge on any atom is 0.150 e. The average Bonchev–Trinajstić information content (AvgIpc) is 3.26. The molecule has 5 heteroatoms. The molecule has 1 atom stereocenters. The Balaban J connectivity index is 1.94. The van der Waals surface area contributed by atoms with E-state index in [0.717, 1.165) is 23.9 Å². The zero-order chi connectivity index (χ0) is 15.3. The number of hydrogen-bond donors (Lipinski definition) is 1. The van der Waals surface area contributed by atoms with Gasteiger partial charge in [-0.2, -0.15) is 0 Å². The van der Waals surface area contributed by atoms with Crippen molar-refractivity contribution in [1.82, 2.24) is 5.32 Å². The molecule has 0 aromatic heterocycles. The summed E-state index contributed by atoms with van der Waals surface area (Å²) in [7, 11) is -2.85. The Kier molecular flexibility index (Phi) is 6.26. The minimum Gasteiger partial charge on any atom is -0.313 e. The van der Waals surface area contributed by atoms with Crippen LogP contribution in [-0.2, 0) is 9.84 Å². The maximum atomic E-state index is 11.6. The van der Waals surface area contributed by atoms with Crippen LogP contribution in [0.25, 0.3) is 0 Å². The van der Waals surface area contributed by atoms with Gasteiger partial charge in [-0.1, -0.05) is 35.0 Å². The zero-order valence-electron chi connectivity index (χ0n) is 12.5. The third-order valence-electron chi connectivity index (χ3n) is 4.00. The van der Waals surface area contributed by atoms with E-state index in [-0.39, 0.29) is 5.75 Å². The molecule has 0 radical (unpaired) electrons. The number of hydrogen-bond acceptors (Lipinski definition) is 3. The fraction of sp³-hybridized carbons (Fsp3) is 0.625. The highest BCUT2D eigenvalue weighted by molar-refractivity contribution is 9.10. The van der Waals surface area contributed by atoms with Gasteiger partial charge >= 0.3 is 0 Å². The van der Waals surface area contributed by atoms with Crippen molar-refractivity contribution in [1.29, 1.82) is 0 Å². The third-order valence-corrected chi connectivity index (χ3v) is 6.28. The Bertz CT molecular complexity index is 555. The Morgan fingerprint density at radius 3 is 2.76 bits per heavy atom. The number of halogens is 1. The van der Waals surface area contributed by atoms with Gasteiger partial charge in [-0.25, -0.2) is 8.42 Å². The number of rotatable bonds is 9. The molecule has 1 aromatic rings. The van der Waals surface area contributed by atoms with Crippen LogP contribution in [0.5, 0.6) is 0 Å². The topological polar surface area (TPSA) is 46.2 Å². The first-order chi connectivity index (χ1) is 10.00. The lowest BCUT2D eigenvalue weighted by atomic mass is 9.94. The molecule has 0 aliphatic heterocycles. The predicted molar refractivity (Wildman–Crippen MR) is 91.5 cm³/mol. The van der Waals surface area contributed by atoms with E-state index in [1.165, 1.54) is 18.4 Å². The SMILES string of the molecule is CCS(=O)(=O)CCCC(CNC1CC1)c1cccc(Br)c1. The second-order valence-electron chi connectivity index (χ2n) is 5.81. The molecule has 1 aromatic carbocycles. The Morgan fingerprint density at radius 2 is 2.14 bits per heavy atom. The molecule has 1 N–H and O–H groups in total. The minimum absolute atomic E-state index is 0.245. The van der Waals surface area contributed by atoms with E-state index >= 15 is 0 Å². The van der Waals surface area contributed by atoms with Crippen molar-refractivity contribution in [2.75, 3.05) is 18.1 Å². The van der Waals surface area contributed by atoms with E-state index in [4.69, 9.17) is 0 Å². The van der Waals surface area contributed by atoms with Crippen LogP contribution in [0, 0.1) is 0 Å². The van der Waals surface area contributed by atoms with Crippen molar-refractivity contribution in [2.24, 2.45) is 0 Å². The van der Waals surface area contributed by atoms with E-state index in [1.807, 2.05) is 12.1 Å². The largest absolute Gasteiger partial charge is 0.313 e. The molecule has 1 fully saturated rings.